The van der Waals surface area contributed by atoms with E-state index in [9.17, 15) is 13.2 Å². The molecule has 1 saturated heterocycles. The number of hydrogen-bond donors (Lipinski definition) is 1. The number of carbonyl (C=O) groups is 1. The van der Waals surface area contributed by atoms with Crippen molar-refractivity contribution in [2.75, 3.05) is 32.7 Å². The monoisotopic (exact) mass is 419 g/mol. The van der Waals surface area contributed by atoms with E-state index in [1.165, 1.54) is 4.31 Å². The highest BCUT2D eigenvalue weighted by molar-refractivity contribution is 7.89. The maximum absolute atomic E-state index is 12.9. The fraction of sp³-hybridized carbons (Fsp3) is 0.476. The van der Waals surface area contributed by atoms with Crippen molar-refractivity contribution in [3.63, 3.8) is 0 Å². The van der Waals surface area contributed by atoms with Gasteiger partial charge in [-0.05, 0) is 43.2 Å². The Hall–Kier alpha value is -2.16. The van der Waals surface area contributed by atoms with Crippen molar-refractivity contribution in [1.29, 1.82) is 0 Å². The first-order chi connectivity index (χ1) is 13.9. The third kappa shape index (κ3) is 5.26. The number of nitrogens with one attached hydrogen (secondary N) is 1. The van der Waals surface area contributed by atoms with Crippen LogP contribution in [-0.2, 0) is 21.2 Å². The number of benzene rings is 1. The van der Waals surface area contributed by atoms with Gasteiger partial charge in [0.25, 0.3) is 0 Å². The van der Waals surface area contributed by atoms with E-state index in [2.05, 4.69) is 12.2 Å². The fourth-order valence-electron chi connectivity index (χ4n) is 3.43. The minimum Gasteiger partial charge on any atom is -0.468 e. The average Bonchev–Trinajstić information content (AvgIpc) is 3.27. The number of furan rings is 1. The molecule has 1 aliphatic rings. The number of hydrogen-bond acceptors (Lipinski definition) is 5. The largest absolute Gasteiger partial charge is 0.468 e. The van der Waals surface area contributed by atoms with Crippen molar-refractivity contribution in [3.8, 4) is 0 Å². The molecule has 7 nitrogen and oxygen atoms in total. The second-order valence-corrected chi connectivity index (χ2v) is 9.23. The molecule has 1 amide bonds. The number of aryl methyl sites for hydroxylation is 1. The molecule has 8 heteroatoms. The minimum atomic E-state index is -3.53. The number of amides is 1. The lowest BCUT2D eigenvalue weighted by Gasteiger charge is -2.34. The zero-order valence-electron chi connectivity index (χ0n) is 17.0. The highest BCUT2D eigenvalue weighted by Crippen LogP contribution is 2.19. The average molecular weight is 420 g/mol. The Morgan fingerprint density at radius 1 is 1.14 bits per heavy atom. The van der Waals surface area contributed by atoms with Crippen molar-refractivity contribution < 1.29 is 17.6 Å². The quantitative estimate of drug-likeness (QED) is 0.711. The molecule has 29 heavy (non-hydrogen) atoms. The summed E-state index contributed by atoms with van der Waals surface area (Å²) < 4.78 is 32.5. The number of sulfonamides is 1. The lowest BCUT2D eigenvalue weighted by molar-refractivity contribution is -0.131. The van der Waals surface area contributed by atoms with Crippen LogP contribution >= 0.6 is 0 Å². The van der Waals surface area contributed by atoms with Gasteiger partial charge in [0.05, 0.1) is 23.7 Å². The summed E-state index contributed by atoms with van der Waals surface area (Å²) in [5.41, 5.74) is 1.14. The van der Waals surface area contributed by atoms with Crippen LogP contribution in [-0.4, -0.2) is 56.3 Å². The van der Waals surface area contributed by atoms with Crippen molar-refractivity contribution in [1.82, 2.24) is 14.5 Å². The molecule has 0 unspecified atom stereocenters. The highest BCUT2D eigenvalue weighted by atomic mass is 32.2. The minimum absolute atomic E-state index is 0.0376. The number of carbonyl (C=O) groups excluding carboxylic acids is 1. The van der Waals surface area contributed by atoms with E-state index in [-0.39, 0.29) is 18.5 Å². The van der Waals surface area contributed by atoms with E-state index in [0.29, 0.717) is 31.1 Å². The summed E-state index contributed by atoms with van der Waals surface area (Å²) in [4.78, 5) is 14.5. The summed E-state index contributed by atoms with van der Waals surface area (Å²) in [7, 11) is -3.53. The number of piperazine rings is 1. The van der Waals surface area contributed by atoms with Crippen LogP contribution in [0.4, 0.5) is 0 Å². The summed E-state index contributed by atoms with van der Waals surface area (Å²) in [6.07, 6.45) is 3.57. The van der Waals surface area contributed by atoms with Gasteiger partial charge >= 0.3 is 0 Å². The van der Waals surface area contributed by atoms with Gasteiger partial charge in [0.2, 0.25) is 15.9 Å². The van der Waals surface area contributed by atoms with E-state index in [4.69, 9.17) is 4.42 Å². The first-order valence-electron chi connectivity index (χ1n) is 10.1. The first kappa shape index (κ1) is 21.5. The summed E-state index contributed by atoms with van der Waals surface area (Å²) in [6.45, 7) is 5.61. The Bertz CT molecular complexity index is 887. The molecule has 0 bridgehead atoms. The molecule has 3 rings (SSSR count). The SMILES string of the molecule is CCCc1ccc(S(=O)(=O)N2CCN(C(=O)CN[C@@H](C)c3ccco3)CC2)cc1. The number of rotatable bonds is 8. The summed E-state index contributed by atoms with van der Waals surface area (Å²) in [5, 5.41) is 3.15. The third-order valence-corrected chi connectivity index (χ3v) is 7.13. The summed E-state index contributed by atoms with van der Waals surface area (Å²) >= 11 is 0. The van der Waals surface area contributed by atoms with E-state index in [1.807, 2.05) is 31.2 Å². The van der Waals surface area contributed by atoms with Gasteiger partial charge in [-0.2, -0.15) is 4.31 Å². The van der Waals surface area contributed by atoms with Crippen LogP contribution in [0.25, 0.3) is 0 Å². The topological polar surface area (TPSA) is 82.9 Å². The highest BCUT2D eigenvalue weighted by Gasteiger charge is 2.30. The van der Waals surface area contributed by atoms with Crippen LogP contribution in [0.1, 0.15) is 37.6 Å². The van der Waals surface area contributed by atoms with Crippen molar-refractivity contribution in [3.05, 3.63) is 54.0 Å². The molecule has 2 heterocycles. The van der Waals surface area contributed by atoms with E-state index >= 15 is 0 Å². The standard InChI is InChI=1S/C21H29N3O4S/c1-3-5-18-7-9-19(10-8-18)29(26,27)24-13-11-23(12-14-24)21(25)16-22-17(2)20-6-4-15-28-20/h4,6-10,15,17,22H,3,5,11-14,16H2,1-2H3/t17-/m0/s1. The third-order valence-electron chi connectivity index (χ3n) is 5.22. The van der Waals surface area contributed by atoms with Gasteiger partial charge in [-0.3, -0.25) is 10.1 Å². The van der Waals surface area contributed by atoms with Crippen molar-refractivity contribution in [2.45, 2.75) is 37.6 Å². The van der Waals surface area contributed by atoms with Gasteiger partial charge in [-0.1, -0.05) is 25.5 Å². The van der Waals surface area contributed by atoms with Gasteiger partial charge in [0.15, 0.2) is 0 Å². The summed E-state index contributed by atoms with van der Waals surface area (Å²) in [6, 6.07) is 10.7. The molecular weight excluding hydrogens is 390 g/mol. The molecule has 1 atom stereocenters. The van der Waals surface area contributed by atoms with Gasteiger partial charge in [-0.25, -0.2) is 8.42 Å². The molecule has 0 saturated carbocycles. The second-order valence-electron chi connectivity index (χ2n) is 7.30. The zero-order valence-corrected chi connectivity index (χ0v) is 17.8. The lowest BCUT2D eigenvalue weighted by atomic mass is 10.1. The Kier molecular flexibility index (Phi) is 7.10. The second kappa shape index (κ2) is 9.56. The Labute approximate surface area is 172 Å². The molecule has 1 aromatic heterocycles. The van der Waals surface area contributed by atoms with Crippen LogP contribution in [0.3, 0.4) is 0 Å². The van der Waals surface area contributed by atoms with Crippen molar-refractivity contribution in [2.24, 2.45) is 0 Å². The van der Waals surface area contributed by atoms with E-state index < -0.39 is 10.0 Å². The molecule has 2 aromatic rings. The van der Waals surface area contributed by atoms with Gasteiger partial charge in [0.1, 0.15) is 5.76 Å². The van der Waals surface area contributed by atoms with Crippen LogP contribution in [0.15, 0.2) is 52.0 Å². The normalized spacial score (nSPS) is 16.7. The zero-order chi connectivity index (χ0) is 20.9. The molecular formula is C21H29N3O4S. The first-order valence-corrected chi connectivity index (χ1v) is 11.5. The van der Waals surface area contributed by atoms with Crippen LogP contribution in [0, 0.1) is 0 Å². The molecule has 1 aromatic carbocycles. The molecule has 0 aliphatic carbocycles. The maximum Gasteiger partial charge on any atom is 0.243 e. The molecule has 1 N–H and O–H groups in total. The van der Waals surface area contributed by atoms with Crippen LogP contribution in [0.2, 0.25) is 0 Å². The fourth-order valence-corrected chi connectivity index (χ4v) is 4.86. The molecule has 0 spiro atoms. The summed E-state index contributed by atoms with van der Waals surface area (Å²) in [5.74, 6) is 0.739. The van der Waals surface area contributed by atoms with Gasteiger partial charge in [0, 0.05) is 26.2 Å². The smallest absolute Gasteiger partial charge is 0.243 e. The van der Waals surface area contributed by atoms with Crippen molar-refractivity contribution >= 4 is 15.9 Å². The maximum atomic E-state index is 12.9. The van der Waals surface area contributed by atoms with E-state index in [0.717, 1.165) is 24.2 Å². The molecule has 0 radical (unpaired) electrons. The van der Waals surface area contributed by atoms with E-state index in [1.54, 1.807) is 23.3 Å². The lowest BCUT2D eigenvalue weighted by Crippen LogP contribution is -2.52. The number of nitrogens with zero attached hydrogens (tertiary/aromatic N) is 2. The van der Waals surface area contributed by atoms with Gasteiger partial charge < -0.3 is 9.32 Å². The molecule has 1 aliphatic heterocycles. The van der Waals surface area contributed by atoms with Gasteiger partial charge in [-0.15, -0.1) is 0 Å². The molecule has 1 fully saturated rings. The Morgan fingerprint density at radius 3 is 2.41 bits per heavy atom. The Morgan fingerprint density at radius 2 is 1.83 bits per heavy atom. The Balaban J connectivity index is 1.51. The predicted molar refractivity (Wildman–Crippen MR) is 111 cm³/mol. The van der Waals surface area contributed by atoms with Crippen LogP contribution in [0.5, 0.6) is 0 Å². The predicted octanol–water partition coefficient (Wildman–Crippen LogP) is 2.42. The van der Waals surface area contributed by atoms with Crippen LogP contribution < -0.4 is 5.32 Å². The molecule has 158 valence electrons.